The van der Waals surface area contributed by atoms with Crippen LogP contribution in [0.2, 0.25) is 0 Å². The van der Waals surface area contributed by atoms with E-state index in [0.717, 1.165) is 26.9 Å². The van der Waals surface area contributed by atoms with Crippen molar-refractivity contribution in [2.45, 2.75) is 6.92 Å². The Bertz CT molecular complexity index is 786. The first kappa shape index (κ1) is 12.9. The fraction of sp³-hybridized carbons (Fsp3) is 0.0667. The Morgan fingerprint density at radius 2 is 1.80 bits per heavy atom. The zero-order valence-corrected chi connectivity index (χ0v) is 12.5. The van der Waals surface area contributed by atoms with Crippen LogP contribution < -0.4 is 11.1 Å². The average molecular weight is 329 g/mol. The molecule has 4 nitrogen and oxygen atoms in total. The standard InChI is InChI=1S/C15H13BrN4/c1-9-14(17)18-8-19-15(9)20-13-5-3-10-6-12(16)4-2-11(10)7-13/h2-8H,1H3,(H3,17,18,19,20). The van der Waals surface area contributed by atoms with Crippen LogP contribution in [0.3, 0.4) is 0 Å². The Kier molecular flexibility index (Phi) is 3.28. The number of hydrogen-bond donors (Lipinski definition) is 2. The number of halogens is 1. The van der Waals surface area contributed by atoms with E-state index < -0.39 is 0 Å². The zero-order chi connectivity index (χ0) is 14.1. The molecular weight excluding hydrogens is 316 g/mol. The largest absolute Gasteiger partial charge is 0.383 e. The third kappa shape index (κ3) is 2.44. The lowest BCUT2D eigenvalue weighted by Gasteiger charge is -2.10. The summed E-state index contributed by atoms with van der Waals surface area (Å²) >= 11 is 3.48. The van der Waals surface area contributed by atoms with Gasteiger partial charge < -0.3 is 11.1 Å². The second-order valence-electron chi connectivity index (χ2n) is 4.56. The molecular formula is C15H13BrN4. The molecule has 0 fully saturated rings. The van der Waals surface area contributed by atoms with Crippen molar-refractivity contribution in [3.05, 3.63) is 52.8 Å². The summed E-state index contributed by atoms with van der Waals surface area (Å²) in [6.45, 7) is 1.90. The number of hydrogen-bond acceptors (Lipinski definition) is 4. The van der Waals surface area contributed by atoms with Gasteiger partial charge in [-0.1, -0.05) is 28.1 Å². The third-order valence-corrected chi connectivity index (χ3v) is 3.68. The van der Waals surface area contributed by atoms with E-state index in [2.05, 4.69) is 55.5 Å². The van der Waals surface area contributed by atoms with Gasteiger partial charge >= 0.3 is 0 Å². The molecule has 0 aliphatic carbocycles. The summed E-state index contributed by atoms with van der Waals surface area (Å²) in [5, 5.41) is 5.63. The molecule has 3 N–H and O–H groups in total. The van der Waals surface area contributed by atoms with Crippen molar-refractivity contribution < 1.29 is 0 Å². The fourth-order valence-electron chi connectivity index (χ4n) is 2.02. The molecule has 0 spiro atoms. The van der Waals surface area contributed by atoms with Crippen molar-refractivity contribution in [3.63, 3.8) is 0 Å². The normalized spacial score (nSPS) is 10.7. The number of nitrogens with one attached hydrogen (secondary N) is 1. The van der Waals surface area contributed by atoms with Crippen LogP contribution in [-0.2, 0) is 0 Å². The lowest BCUT2D eigenvalue weighted by Crippen LogP contribution is -2.01. The Morgan fingerprint density at radius 1 is 1.05 bits per heavy atom. The molecule has 1 heterocycles. The minimum Gasteiger partial charge on any atom is -0.383 e. The summed E-state index contributed by atoms with van der Waals surface area (Å²) in [6, 6.07) is 12.4. The van der Waals surface area contributed by atoms with E-state index in [0.29, 0.717) is 5.82 Å². The van der Waals surface area contributed by atoms with Gasteiger partial charge in [-0.3, -0.25) is 0 Å². The quantitative estimate of drug-likeness (QED) is 0.745. The van der Waals surface area contributed by atoms with E-state index in [1.165, 1.54) is 11.7 Å². The Morgan fingerprint density at radius 3 is 2.65 bits per heavy atom. The van der Waals surface area contributed by atoms with Gasteiger partial charge in [0, 0.05) is 15.7 Å². The number of rotatable bonds is 2. The van der Waals surface area contributed by atoms with E-state index in [9.17, 15) is 0 Å². The molecule has 0 aliphatic rings. The SMILES string of the molecule is Cc1c(N)ncnc1Nc1ccc2cc(Br)ccc2c1. The molecule has 0 bridgehead atoms. The third-order valence-electron chi connectivity index (χ3n) is 3.19. The maximum atomic E-state index is 5.79. The number of nitrogens with two attached hydrogens (primary N) is 1. The summed E-state index contributed by atoms with van der Waals surface area (Å²) in [7, 11) is 0. The Labute approximate surface area is 125 Å². The summed E-state index contributed by atoms with van der Waals surface area (Å²) in [4.78, 5) is 8.18. The molecule has 1 aromatic heterocycles. The van der Waals surface area contributed by atoms with Crippen molar-refractivity contribution in [2.24, 2.45) is 0 Å². The van der Waals surface area contributed by atoms with Crippen LogP contribution in [0.4, 0.5) is 17.3 Å². The summed E-state index contributed by atoms with van der Waals surface area (Å²) in [5.74, 6) is 1.22. The van der Waals surface area contributed by atoms with Crippen LogP contribution in [0.25, 0.3) is 10.8 Å². The molecule has 5 heteroatoms. The highest BCUT2D eigenvalue weighted by Crippen LogP contribution is 2.26. The maximum absolute atomic E-state index is 5.79. The highest BCUT2D eigenvalue weighted by molar-refractivity contribution is 9.10. The number of benzene rings is 2. The van der Waals surface area contributed by atoms with Crippen LogP contribution in [0.1, 0.15) is 5.56 Å². The molecule has 0 saturated heterocycles. The lowest BCUT2D eigenvalue weighted by molar-refractivity contribution is 1.14. The minimum atomic E-state index is 0.493. The first-order chi connectivity index (χ1) is 9.63. The van der Waals surface area contributed by atoms with Gasteiger partial charge in [0.15, 0.2) is 0 Å². The molecule has 0 saturated carbocycles. The van der Waals surface area contributed by atoms with Crippen LogP contribution in [-0.4, -0.2) is 9.97 Å². The van der Waals surface area contributed by atoms with Crippen LogP contribution in [0.15, 0.2) is 47.2 Å². The Balaban J connectivity index is 1.99. The number of anilines is 3. The minimum absolute atomic E-state index is 0.493. The molecule has 0 radical (unpaired) electrons. The van der Waals surface area contributed by atoms with Crippen molar-refractivity contribution in [3.8, 4) is 0 Å². The van der Waals surface area contributed by atoms with Crippen molar-refractivity contribution in [1.29, 1.82) is 0 Å². The van der Waals surface area contributed by atoms with Crippen LogP contribution >= 0.6 is 15.9 Å². The smallest absolute Gasteiger partial charge is 0.138 e. The predicted octanol–water partition coefficient (Wildman–Crippen LogP) is 4.03. The van der Waals surface area contributed by atoms with E-state index in [-0.39, 0.29) is 0 Å². The Hall–Kier alpha value is -2.14. The first-order valence-corrected chi connectivity index (χ1v) is 6.96. The summed E-state index contributed by atoms with van der Waals surface area (Å²) in [6.07, 6.45) is 1.46. The second kappa shape index (κ2) is 5.09. The van der Waals surface area contributed by atoms with Crippen molar-refractivity contribution in [1.82, 2.24) is 9.97 Å². The molecule has 3 rings (SSSR count). The number of aromatic nitrogens is 2. The first-order valence-electron chi connectivity index (χ1n) is 6.17. The zero-order valence-electron chi connectivity index (χ0n) is 10.9. The van der Waals surface area contributed by atoms with E-state index in [1.807, 2.05) is 19.1 Å². The average Bonchev–Trinajstić information content (AvgIpc) is 2.44. The van der Waals surface area contributed by atoms with Gasteiger partial charge in [0.05, 0.1) is 0 Å². The molecule has 100 valence electrons. The van der Waals surface area contributed by atoms with Crippen molar-refractivity contribution >= 4 is 44.0 Å². The highest BCUT2D eigenvalue weighted by Gasteiger charge is 2.05. The fourth-order valence-corrected chi connectivity index (χ4v) is 2.40. The second-order valence-corrected chi connectivity index (χ2v) is 5.48. The summed E-state index contributed by atoms with van der Waals surface area (Å²) in [5.41, 5.74) is 7.61. The molecule has 0 unspecified atom stereocenters. The van der Waals surface area contributed by atoms with Gasteiger partial charge in [0.2, 0.25) is 0 Å². The van der Waals surface area contributed by atoms with Crippen LogP contribution in [0, 0.1) is 6.92 Å². The van der Waals surface area contributed by atoms with Gasteiger partial charge in [0.25, 0.3) is 0 Å². The van der Waals surface area contributed by atoms with Gasteiger partial charge in [-0.2, -0.15) is 0 Å². The van der Waals surface area contributed by atoms with Crippen molar-refractivity contribution in [2.75, 3.05) is 11.1 Å². The maximum Gasteiger partial charge on any atom is 0.138 e. The molecule has 0 amide bonds. The topological polar surface area (TPSA) is 63.8 Å². The van der Waals surface area contributed by atoms with Gasteiger partial charge in [-0.25, -0.2) is 9.97 Å². The molecule has 0 atom stereocenters. The predicted molar refractivity (Wildman–Crippen MR) is 86.1 cm³/mol. The number of nitrogens with zero attached hydrogens (tertiary/aromatic N) is 2. The van der Waals surface area contributed by atoms with Gasteiger partial charge in [0.1, 0.15) is 18.0 Å². The van der Waals surface area contributed by atoms with E-state index in [4.69, 9.17) is 5.73 Å². The van der Waals surface area contributed by atoms with E-state index >= 15 is 0 Å². The molecule has 0 aliphatic heterocycles. The molecule has 2 aromatic carbocycles. The van der Waals surface area contributed by atoms with Gasteiger partial charge in [-0.15, -0.1) is 0 Å². The molecule has 20 heavy (non-hydrogen) atoms. The number of nitrogen functional groups attached to an aromatic ring is 1. The highest BCUT2D eigenvalue weighted by atomic mass is 79.9. The molecule has 3 aromatic rings. The van der Waals surface area contributed by atoms with Gasteiger partial charge in [-0.05, 0) is 42.0 Å². The number of fused-ring (bicyclic) bond motifs is 1. The lowest BCUT2D eigenvalue weighted by atomic mass is 10.1. The van der Waals surface area contributed by atoms with Crippen LogP contribution in [0.5, 0.6) is 0 Å². The monoisotopic (exact) mass is 328 g/mol. The van der Waals surface area contributed by atoms with E-state index in [1.54, 1.807) is 0 Å². The summed E-state index contributed by atoms with van der Waals surface area (Å²) < 4.78 is 1.07.